The molecule has 1 saturated heterocycles. The van der Waals surface area contributed by atoms with E-state index in [0.29, 0.717) is 0 Å². The van der Waals surface area contributed by atoms with Crippen LogP contribution in [-0.4, -0.2) is 24.0 Å². The molecule has 18 heavy (non-hydrogen) atoms. The maximum absolute atomic E-state index is 13.3. The summed E-state index contributed by atoms with van der Waals surface area (Å²) >= 11 is 0. The van der Waals surface area contributed by atoms with Gasteiger partial charge in [-0.25, -0.2) is 4.39 Å². The largest absolute Gasteiger partial charge is 0.326 e. The monoisotopic (exact) mass is 247 g/mol. The Labute approximate surface area is 107 Å². The Hall–Kier alpha value is -1.44. The van der Waals surface area contributed by atoms with E-state index >= 15 is 0 Å². The molecular weight excluding hydrogens is 229 g/mol. The van der Waals surface area contributed by atoms with Gasteiger partial charge in [-0.2, -0.15) is 5.26 Å². The fourth-order valence-electron chi connectivity index (χ4n) is 2.69. The molecule has 1 aromatic carbocycles. The fourth-order valence-corrected chi connectivity index (χ4v) is 2.69. The Bertz CT molecular complexity index is 465. The molecule has 2 atom stereocenters. The Balaban J connectivity index is 2.31. The molecule has 1 fully saturated rings. The molecule has 0 amide bonds. The van der Waals surface area contributed by atoms with E-state index in [2.05, 4.69) is 11.8 Å². The van der Waals surface area contributed by atoms with E-state index in [1.54, 1.807) is 12.1 Å². The number of nitriles is 1. The number of nitrogens with two attached hydrogens (primary N) is 1. The van der Waals surface area contributed by atoms with Crippen LogP contribution in [0.2, 0.25) is 0 Å². The summed E-state index contributed by atoms with van der Waals surface area (Å²) in [5.41, 5.74) is 7.19. The fraction of sp³-hybridized carbons (Fsp3) is 0.500. The number of halogens is 1. The van der Waals surface area contributed by atoms with Gasteiger partial charge in [0.25, 0.3) is 0 Å². The lowest BCUT2D eigenvalue weighted by Gasteiger charge is -2.26. The zero-order chi connectivity index (χ0) is 13.1. The molecule has 1 aliphatic heterocycles. The Kier molecular flexibility index (Phi) is 3.95. The summed E-state index contributed by atoms with van der Waals surface area (Å²) in [6.07, 6.45) is 2.01. The van der Waals surface area contributed by atoms with Gasteiger partial charge in [0.15, 0.2) is 0 Å². The van der Waals surface area contributed by atoms with Crippen molar-refractivity contribution in [2.75, 3.05) is 13.1 Å². The molecule has 4 heteroatoms. The molecule has 3 nitrogen and oxygen atoms in total. The zero-order valence-electron chi connectivity index (χ0n) is 10.6. The first kappa shape index (κ1) is 13.0. The summed E-state index contributed by atoms with van der Waals surface area (Å²) in [4.78, 5) is 2.32. The lowest BCUT2D eigenvalue weighted by molar-refractivity contribution is 0.248. The van der Waals surface area contributed by atoms with Crippen LogP contribution < -0.4 is 5.73 Å². The number of hydrogen-bond donors (Lipinski definition) is 1. The van der Waals surface area contributed by atoms with E-state index < -0.39 is 5.82 Å². The normalized spacial score (nSPS) is 24.1. The average Bonchev–Trinajstić information content (AvgIpc) is 2.72. The van der Waals surface area contributed by atoms with Crippen LogP contribution in [0.15, 0.2) is 18.2 Å². The van der Waals surface area contributed by atoms with E-state index in [-0.39, 0.29) is 17.6 Å². The molecule has 0 bridgehead atoms. The molecule has 0 radical (unpaired) electrons. The summed E-state index contributed by atoms with van der Waals surface area (Å²) in [7, 11) is 0. The van der Waals surface area contributed by atoms with Crippen molar-refractivity contribution in [3.63, 3.8) is 0 Å². The Morgan fingerprint density at radius 2 is 2.33 bits per heavy atom. The maximum atomic E-state index is 13.3. The molecule has 0 saturated carbocycles. The number of nitrogens with zero attached hydrogens (tertiary/aromatic N) is 2. The van der Waals surface area contributed by atoms with Gasteiger partial charge in [0.2, 0.25) is 0 Å². The smallest absolute Gasteiger partial charge is 0.140 e. The lowest BCUT2D eigenvalue weighted by Crippen LogP contribution is -2.32. The van der Waals surface area contributed by atoms with E-state index in [0.717, 1.165) is 31.5 Å². The van der Waals surface area contributed by atoms with Crippen LogP contribution in [0.3, 0.4) is 0 Å². The number of hydrogen-bond acceptors (Lipinski definition) is 3. The van der Waals surface area contributed by atoms with Crippen LogP contribution >= 0.6 is 0 Å². The molecule has 2 rings (SSSR count). The van der Waals surface area contributed by atoms with Crippen molar-refractivity contribution in [2.24, 2.45) is 5.73 Å². The van der Waals surface area contributed by atoms with Gasteiger partial charge in [-0.1, -0.05) is 13.0 Å². The van der Waals surface area contributed by atoms with Crippen molar-refractivity contribution in [1.82, 2.24) is 4.90 Å². The second kappa shape index (κ2) is 5.47. The minimum Gasteiger partial charge on any atom is -0.326 e. The minimum atomic E-state index is -0.463. The topological polar surface area (TPSA) is 53.0 Å². The van der Waals surface area contributed by atoms with Crippen molar-refractivity contribution in [3.05, 3.63) is 35.1 Å². The first-order valence-corrected chi connectivity index (χ1v) is 6.36. The van der Waals surface area contributed by atoms with Crippen molar-refractivity contribution in [3.8, 4) is 6.07 Å². The summed E-state index contributed by atoms with van der Waals surface area (Å²) < 4.78 is 13.3. The van der Waals surface area contributed by atoms with Crippen LogP contribution in [0.5, 0.6) is 0 Å². The SMILES string of the molecule is CCCN1CCC(N)C1c1ccc(F)c(C#N)c1. The first-order chi connectivity index (χ1) is 8.67. The van der Waals surface area contributed by atoms with E-state index in [1.807, 2.05) is 6.07 Å². The summed E-state index contributed by atoms with van der Waals surface area (Å²) in [5, 5.41) is 8.89. The molecular formula is C14H18FN3. The highest BCUT2D eigenvalue weighted by Gasteiger charge is 2.32. The molecule has 0 spiro atoms. The van der Waals surface area contributed by atoms with Crippen LogP contribution in [0, 0.1) is 17.1 Å². The summed E-state index contributed by atoms with van der Waals surface area (Å²) in [6, 6.07) is 6.80. The van der Waals surface area contributed by atoms with Crippen LogP contribution in [-0.2, 0) is 0 Å². The zero-order valence-corrected chi connectivity index (χ0v) is 10.6. The van der Waals surface area contributed by atoms with E-state index in [9.17, 15) is 4.39 Å². The standard InChI is InChI=1S/C14H18FN3/c1-2-6-18-7-5-13(17)14(18)10-3-4-12(15)11(8-10)9-16/h3-4,8,13-14H,2,5-7,17H2,1H3. The average molecular weight is 247 g/mol. The van der Waals surface area contributed by atoms with Crippen LogP contribution in [0.4, 0.5) is 4.39 Å². The van der Waals surface area contributed by atoms with Gasteiger partial charge in [0.05, 0.1) is 5.56 Å². The number of likely N-dealkylation sites (tertiary alicyclic amines) is 1. The van der Waals surface area contributed by atoms with Crippen molar-refractivity contribution >= 4 is 0 Å². The van der Waals surface area contributed by atoms with E-state index in [1.165, 1.54) is 6.07 Å². The molecule has 0 aliphatic carbocycles. The molecule has 2 N–H and O–H groups in total. The second-order valence-electron chi connectivity index (χ2n) is 4.78. The third-order valence-electron chi connectivity index (χ3n) is 3.51. The van der Waals surface area contributed by atoms with Crippen molar-refractivity contribution in [2.45, 2.75) is 31.8 Å². The van der Waals surface area contributed by atoms with Gasteiger partial charge in [-0.15, -0.1) is 0 Å². The van der Waals surface area contributed by atoms with Gasteiger partial charge in [0, 0.05) is 18.6 Å². The summed E-state index contributed by atoms with van der Waals surface area (Å²) in [5.74, 6) is -0.463. The van der Waals surface area contributed by atoms with E-state index in [4.69, 9.17) is 11.0 Å². The van der Waals surface area contributed by atoms with Gasteiger partial charge < -0.3 is 5.73 Å². The number of benzene rings is 1. The van der Waals surface area contributed by atoms with Crippen LogP contribution in [0.1, 0.15) is 36.9 Å². The lowest BCUT2D eigenvalue weighted by atomic mass is 9.98. The highest BCUT2D eigenvalue weighted by molar-refractivity contribution is 5.36. The Morgan fingerprint density at radius 3 is 3.00 bits per heavy atom. The van der Waals surface area contributed by atoms with Gasteiger partial charge in [0.1, 0.15) is 11.9 Å². The molecule has 1 heterocycles. The highest BCUT2D eigenvalue weighted by Crippen LogP contribution is 2.31. The maximum Gasteiger partial charge on any atom is 0.140 e. The summed E-state index contributed by atoms with van der Waals surface area (Å²) in [6.45, 7) is 4.09. The predicted octanol–water partition coefficient (Wildman–Crippen LogP) is 2.18. The molecule has 1 aliphatic rings. The molecule has 0 aromatic heterocycles. The van der Waals surface area contributed by atoms with Gasteiger partial charge in [-0.3, -0.25) is 4.90 Å². The highest BCUT2D eigenvalue weighted by atomic mass is 19.1. The molecule has 96 valence electrons. The molecule has 1 aromatic rings. The Morgan fingerprint density at radius 1 is 1.56 bits per heavy atom. The minimum absolute atomic E-state index is 0.0635. The number of rotatable bonds is 3. The van der Waals surface area contributed by atoms with Crippen LogP contribution in [0.25, 0.3) is 0 Å². The third kappa shape index (κ3) is 2.38. The second-order valence-corrected chi connectivity index (χ2v) is 4.78. The predicted molar refractivity (Wildman–Crippen MR) is 68.3 cm³/mol. The van der Waals surface area contributed by atoms with Gasteiger partial charge in [-0.05, 0) is 37.1 Å². The van der Waals surface area contributed by atoms with Crippen molar-refractivity contribution in [1.29, 1.82) is 5.26 Å². The van der Waals surface area contributed by atoms with Crippen molar-refractivity contribution < 1.29 is 4.39 Å². The quantitative estimate of drug-likeness (QED) is 0.890. The molecule has 2 unspecified atom stereocenters. The third-order valence-corrected chi connectivity index (χ3v) is 3.51. The van der Waals surface area contributed by atoms with Gasteiger partial charge >= 0.3 is 0 Å². The first-order valence-electron chi connectivity index (χ1n) is 6.36.